The van der Waals surface area contributed by atoms with Crippen molar-refractivity contribution in [2.75, 3.05) is 0 Å². The maximum Gasteiger partial charge on any atom is 0.516 e. The zero-order chi connectivity index (χ0) is 13.9. The number of sulfonamides is 1. The van der Waals surface area contributed by atoms with Crippen molar-refractivity contribution in [3.05, 3.63) is 11.3 Å². The quantitative estimate of drug-likeness (QED) is 0.737. The Bertz CT molecular complexity index is 535. The van der Waals surface area contributed by atoms with E-state index in [0.29, 0.717) is 5.57 Å². The number of hydrogen-bond acceptors (Lipinski definition) is 3. The molecule has 2 rings (SSSR count). The van der Waals surface area contributed by atoms with Crippen LogP contribution < -0.4 is 0 Å². The molecule has 0 saturated heterocycles. The van der Waals surface area contributed by atoms with Crippen molar-refractivity contribution in [3.63, 3.8) is 0 Å². The average Bonchev–Trinajstić information content (AvgIpc) is 2.64. The van der Waals surface area contributed by atoms with E-state index >= 15 is 0 Å². The molecule has 8 heteroatoms. The van der Waals surface area contributed by atoms with Crippen molar-refractivity contribution < 1.29 is 26.4 Å². The fourth-order valence-electron chi connectivity index (χ4n) is 2.56. The molecule has 2 atom stereocenters. The summed E-state index contributed by atoms with van der Waals surface area (Å²) >= 11 is 0. The highest BCUT2D eigenvalue weighted by Gasteiger charge is 2.56. The molecule has 0 spiro atoms. The van der Waals surface area contributed by atoms with Crippen molar-refractivity contribution in [1.29, 1.82) is 0 Å². The van der Waals surface area contributed by atoms with Gasteiger partial charge in [-0.15, -0.1) is 0 Å². The molecule has 0 amide bonds. The van der Waals surface area contributed by atoms with Gasteiger partial charge < -0.3 is 0 Å². The van der Waals surface area contributed by atoms with Gasteiger partial charge in [0.1, 0.15) is 0 Å². The van der Waals surface area contributed by atoms with Crippen molar-refractivity contribution in [2.24, 2.45) is 5.92 Å². The maximum absolute atomic E-state index is 12.6. The molecule has 1 aliphatic heterocycles. The van der Waals surface area contributed by atoms with Crippen molar-refractivity contribution >= 4 is 15.8 Å². The average molecular weight is 283 g/mol. The van der Waals surface area contributed by atoms with Gasteiger partial charge in [-0.1, -0.05) is 6.92 Å². The van der Waals surface area contributed by atoms with Crippen LogP contribution in [0.5, 0.6) is 0 Å². The summed E-state index contributed by atoms with van der Waals surface area (Å²) in [5.41, 5.74) is -5.11. The monoisotopic (exact) mass is 283 g/mol. The minimum absolute atomic E-state index is 0.0846. The first-order chi connectivity index (χ1) is 8.07. The topological polar surface area (TPSA) is 54.5 Å². The lowest BCUT2D eigenvalue weighted by atomic mass is 10.00. The Balaban J connectivity index is 2.53. The van der Waals surface area contributed by atoms with Crippen LogP contribution in [0.4, 0.5) is 13.2 Å². The van der Waals surface area contributed by atoms with Crippen LogP contribution in [0.1, 0.15) is 26.7 Å². The first kappa shape index (κ1) is 13.4. The Morgan fingerprint density at radius 1 is 1.22 bits per heavy atom. The lowest BCUT2D eigenvalue weighted by Gasteiger charge is -2.26. The zero-order valence-electron chi connectivity index (χ0n) is 9.78. The van der Waals surface area contributed by atoms with Crippen LogP contribution in [0, 0.1) is 5.92 Å². The lowest BCUT2D eigenvalue weighted by molar-refractivity contribution is -0.116. The highest BCUT2D eigenvalue weighted by Crippen LogP contribution is 2.45. The third-order valence-corrected chi connectivity index (χ3v) is 4.99. The van der Waals surface area contributed by atoms with Gasteiger partial charge in [0.15, 0.2) is 5.78 Å². The largest absolute Gasteiger partial charge is 0.516 e. The number of allylic oxidation sites excluding steroid dienone is 1. The molecule has 0 unspecified atom stereocenters. The number of nitrogens with zero attached hydrogens (tertiary/aromatic N) is 1. The van der Waals surface area contributed by atoms with E-state index in [1.165, 1.54) is 6.92 Å². The molecular formula is C10H12F3NO3S. The molecule has 0 aromatic carbocycles. The van der Waals surface area contributed by atoms with Crippen LogP contribution in [0.15, 0.2) is 11.3 Å². The normalized spacial score (nSPS) is 29.2. The summed E-state index contributed by atoms with van der Waals surface area (Å²) in [7, 11) is -5.48. The summed E-state index contributed by atoms with van der Waals surface area (Å²) in [5, 5.41) is 0. The number of ketones is 1. The fraction of sp³-hybridized carbons (Fsp3) is 0.700. The summed E-state index contributed by atoms with van der Waals surface area (Å²) < 4.78 is 60.9. The molecule has 1 heterocycles. The first-order valence-electron chi connectivity index (χ1n) is 5.44. The van der Waals surface area contributed by atoms with Gasteiger partial charge in [-0.2, -0.15) is 21.6 Å². The van der Waals surface area contributed by atoms with E-state index in [2.05, 4.69) is 0 Å². The molecule has 0 saturated carbocycles. The van der Waals surface area contributed by atoms with E-state index in [-0.39, 0.29) is 28.8 Å². The van der Waals surface area contributed by atoms with Crippen LogP contribution in [0.2, 0.25) is 0 Å². The van der Waals surface area contributed by atoms with Crippen LogP contribution in [-0.4, -0.2) is 30.1 Å². The maximum atomic E-state index is 12.6. The van der Waals surface area contributed by atoms with Gasteiger partial charge in [-0.05, 0) is 24.8 Å². The zero-order valence-corrected chi connectivity index (χ0v) is 10.6. The predicted molar refractivity (Wildman–Crippen MR) is 56.7 cm³/mol. The van der Waals surface area contributed by atoms with Gasteiger partial charge in [-0.25, -0.2) is 0 Å². The Hall–Kier alpha value is -1.05. The van der Waals surface area contributed by atoms with Crippen molar-refractivity contribution in [1.82, 2.24) is 4.31 Å². The lowest BCUT2D eigenvalue weighted by Crippen LogP contribution is -2.43. The molecule has 0 radical (unpaired) electrons. The number of hydrogen-bond donors (Lipinski definition) is 0. The summed E-state index contributed by atoms with van der Waals surface area (Å²) in [6.07, 6.45) is 0.277. The van der Waals surface area contributed by atoms with Crippen molar-refractivity contribution in [3.8, 4) is 0 Å². The van der Waals surface area contributed by atoms with Crippen molar-refractivity contribution in [2.45, 2.75) is 38.2 Å². The molecule has 0 fully saturated rings. The molecule has 1 aliphatic carbocycles. The van der Waals surface area contributed by atoms with Crippen LogP contribution in [-0.2, 0) is 14.8 Å². The number of rotatable bonds is 1. The molecule has 0 bridgehead atoms. The Labute approximate surface area is 103 Å². The minimum atomic E-state index is -5.48. The molecule has 2 aliphatic rings. The highest BCUT2D eigenvalue weighted by molar-refractivity contribution is 7.90. The third kappa shape index (κ3) is 1.65. The summed E-state index contributed by atoms with van der Waals surface area (Å²) in [6, 6.07) is -0.853. The van der Waals surface area contributed by atoms with E-state index < -0.39 is 27.4 Å². The fourth-order valence-corrected chi connectivity index (χ4v) is 3.79. The molecule has 0 N–H and O–H groups in total. The summed E-state index contributed by atoms with van der Waals surface area (Å²) in [4.78, 5) is 11.7. The molecule has 18 heavy (non-hydrogen) atoms. The highest BCUT2D eigenvalue weighted by atomic mass is 32.2. The molecule has 102 valence electrons. The standard InChI is InChI=1S/C10H12F3NO3S/c1-5-3-8(15)9-7(5)4-6(2)14(9)18(16,17)10(11,12)13/h5-6H,3-4H2,1-2H3/t5-,6-/m1/s1. The molecular weight excluding hydrogens is 271 g/mol. The number of halogens is 3. The Morgan fingerprint density at radius 3 is 2.28 bits per heavy atom. The summed E-state index contributed by atoms with van der Waals surface area (Å²) in [6.45, 7) is 3.10. The Morgan fingerprint density at radius 2 is 1.78 bits per heavy atom. The van der Waals surface area contributed by atoms with E-state index in [1.807, 2.05) is 0 Å². The van der Waals surface area contributed by atoms with E-state index in [1.54, 1.807) is 6.92 Å². The van der Waals surface area contributed by atoms with E-state index in [9.17, 15) is 26.4 Å². The number of Topliss-reactive ketones (excluding diaryl/α,β-unsaturated/α-hetero) is 1. The SMILES string of the molecule is C[C@@H]1CC(=O)C2=C1C[C@@H](C)N2S(=O)(=O)C(F)(F)F. The predicted octanol–water partition coefficient (Wildman–Crippen LogP) is 1.79. The second-order valence-electron chi connectivity index (χ2n) is 4.70. The van der Waals surface area contributed by atoms with Gasteiger partial charge in [0, 0.05) is 12.5 Å². The second kappa shape index (κ2) is 3.72. The van der Waals surface area contributed by atoms with Gasteiger partial charge in [0.05, 0.1) is 5.70 Å². The molecule has 4 nitrogen and oxygen atoms in total. The minimum Gasteiger partial charge on any atom is -0.292 e. The van der Waals surface area contributed by atoms with Crippen LogP contribution >= 0.6 is 0 Å². The van der Waals surface area contributed by atoms with Gasteiger partial charge in [0.25, 0.3) is 0 Å². The van der Waals surface area contributed by atoms with Gasteiger partial charge in [0.2, 0.25) is 0 Å². The van der Waals surface area contributed by atoms with E-state index in [0.717, 1.165) is 0 Å². The second-order valence-corrected chi connectivity index (χ2v) is 6.51. The van der Waals surface area contributed by atoms with Gasteiger partial charge >= 0.3 is 15.5 Å². The summed E-state index contributed by atoms with van der Waals surface area (Å²) in [5.74, 6) is -0.696. The Kier molecular flexibility index (Phi) is 2.77. The number of carbonyl (C=O) groups is 1. The molecule has 0 aromatic heterocycles. The third-order valence-electron chi connectivity index (χ3n) is 3.34. The number of carbonyl (C=O) groups excluding carboxylic acids is 1. The van der Waals surface area contributed by atoms with Gasteiger partial charge in [-0.3, -0.25) is 9.10 Å². The van der Waals surface area contributed by atoms with Crippen LogP contribution in [0.25, 0.3) is 0 Å². The first-order valence-corrected chi connectivity index (χ1v) is 6.88. The molecule has 0 aromatic rings. The number of alkyl halides is 3. The van der Waals surface area contributed by atoms with E-state index in [4.69, 9.17) is 0 Å². The smallest absolute Gasteiger partial charge is 0.292 e. The van der Waals surface area contributed by atoms with Crippen LogP contribution in [0.3, 0.4) is 0 Å².